The predicted molar refractivity (Wildman–Crippen MR) is 64.2 cm³/mol. The van der Waals surface area contributed by atoms with Crippen LogP contribution < -0.4 is 5.73 Å². The van der Waals surface area contributed by atoms with Crippen LogP contribution in [0.25, 0.3) is 0 Å². The average molecular weight is 228 g/mol. The van der Waals surface area contributed by atoms with Crippen molar-refractivity contribution in [3.8, 4) is 0 Å². The molecule has 0 aromatic carbocycles. The Morgan fingerprint density at radius 1 is 1.50 bits per heavy atom. The van der Waals surface area contributed by atoms with E-state index in [4.69, 9.17) is 10.5 Å². The molecule has 1 amide bonds. The topological polar surface area (TPSA) is 55.6 Å². The Labute approximate surface area is 98.1 Å². The summed E-state index contributed by atoms with van der Waals surface area (Å²) >= 11 is 0. The molecule has 0 aromatic rings. The number of ether oxygens (including phenoxy) is 1. The van der Waals surface area contributed by atoms with E-state index in [2.05, 4.69) is 6.92 Å². The molecule has 1 atom stereocenters. The number of carbonyl (C=O) groups excluding carboxylic acids is 1. The molecule has 0 saturated carbocycles. The van der Waals surface area contributed by atoms with Gasteiger partial charge in [-0.2, -0.15) is 0 Å². The second kappa shape index (κ2) is 4.62. The molecule has 0 spiro atoms. The molecule has 0 radical (unpaired) electrons. The fourth-order valence-electron chi connectivity index (χ4n) is 1.96. The molecule has 1 aliphatic rings. The first kappa shape index (κ1) is 13.3. The minimum absolute atomic E-state index is 0.0507. The summed E-state index contributed by atoms with van der Waals surface area (Å²) in [5.41, 5.74) is 5.38. The van der Waals surface area contributed by atoms with E-state index in [0.717, 1.165) is 19.4 Å². The third-order valence-electron chi connectivity index (χ3n) is 2.93. The molecule has 0 bridgehead atoms. The van der Waals surface area contributed by atoms with Gasteiger partial charge < -0.3 is 15.4 Å². The van der Waals surface area contributed by atoms with Gasteiger partial charge in [0, 0.05) is 13.1 Å². The SMILES string of the molecule is CC1(CN)CCCN(C(=O)OC(C)(C)C)C1. The fraction of sp³-hybridized carbons (Fsp3) is 0.917. The van der Waals surface area contributed by atoms with Crippen LogP contribution in [0.5, 0.6) is 0 Å². The second-order valence-corrected chi connectivity index (χ2v) is 6.02. The lowest BCUT2D eigenvalue weighted by molar-refractivity contribution is 0.00789. The summed E-state index contributed by atoms with van der Waals surface area (Å²) in [6, 6.07) is 0. The molecule has 1 unspecified atom stereocenters. The van der Waals surface area contributed by atoms with Crippen LogP contribution in [0.2, 0.25) is 0 Å². The number of hydrogen-bond acceptors (Lipinski definition) is 3. The van der Waals surface area contributed by atoms with Crippen LogP contribution in [-0.2, 0) is 4.74 Å². The second-order valence-electron chi connectivity index (χ2n) is 6.02. The van der Waals surface area contributed by atoms with Crippen LogP contribution in [0.15, 0.2) is 0 Å². The molecule has 1 heterocycles. The highest BCUT2D eigenvalue weighted by Crippen LogP contribution is 2.28. The van der Waals surface area contributed by atoms with Crippen molar-refractivity contribution < 1.29 is 9.53 Å². The number of hydrogen-bond donors (Lipinski definition) is 1. The molecule has 4 heteroatoms. The van der Waals surface area contributed by atoms with E-state index < -0.39 is 5.60 Å². The third kappa shape index (κ3) is 3.67. The van der Waals surface area contributed by atoms with E-state index in [9.17, 15) is 4.79 Å². The Hall–Kier alpha value is -0.770. The highest BCUT2D eigenvalue weighted by atomic mass is 16.6. The van der Waals surface area contributed by atoms with Crippen LogP contribution in [-0.4, -0.2) is 36.2 Å². The maximum absolute atomic E-state index is 11.9. The minimum atomic E-state index is -0.423. The lowest BCUT2D eigenvalue weighted by Gasteiger charge is -2.40. The molecule has 1 fully saturated rings. The summed E-state index contributed by atoms with van der Waals surface area (Å²) in [6.07, 6.45) is 1.88. The molecule has 1 saturated heterocycles. The van der Waals surface area contributed by atoms with Crippen molar-refractivity contribution in [1.29, 1.82) is 0 Å². The molecule has 0 aromatic heterocycles. The number of amides is 1. The number of likely N-dealkylation sites (tertiary alicyclic amines) is 1. The smallest absolute Gasteiger partial charge is 0.410 e. The van der Waals surface area contributed by atoms with E-state index >= 15 is 0 Å². The van der Waals surface area contributed by atoms with Crippen molar-refractivity contribution in [3.05, 3.63) is 0 Å². The van der Waals surface area contributed by atoms with E-state index in [1.54, 1.807) is 4.90 Å². The monoisotopic (exact) mass is 228 g/mol. The van der Waals surface area contributed by atoms with Gasteiger partial charge in [0.15, 0.2) is 0 Å². The number of rotatable bonds is 1. The minimum Gasteiger partial charge on any atom is -0.444 e. The molecule has 1 rings (SSSR count). The van der Waals surface area contributed by atoms with Crippen molar-refractivity contribution in [2.24, 2.45) is 11.1 Å². The third-order valence-corrected chi connectivity index (χ3v) is 2.93. The number of piperidine rings is 1. The van der Waals surface area contributed by atoms with Gasteiger partial charge in [0.25, 0.3) is 0 Å². The molecule has 94 valence electrons. The van der Waals surface area contributed by atoms with Gasteiger partial charge in [0.05, 0.1) is 0 Å². The van der Waals surface area contributed by atoms with Gasteiger partial charge in [0.1, 0.15) is 5.60 Å². The quantitative estimate of drug-likeness (QED) is 0.746. The largest absolute Gasteiger partial charge is 0.444 e. The first-order valence-corrected chi connectivity index (χ1v) is 5.94. The lowest BCUT2D eigenvalue weighted by atomic mass is 9.82. The average Bonchev–Trinajstić information content (AvgIpc) is 2.15. The molecule has 2 N–H and O–H groups in total. The summed E-state index contributed by atoms with van der Waals surface area (Å²) in [5.74, 6) is 0. The predicted octanol–water partition coefficient (Wildman–Crippen LogP) is 1.98. The summed E-state index contributed by atoms with van der Waals surface area (Å²) in [7, 11) is 0. The Morgan fingerprint density at radius 2 is 2.12 bits per heavy atom. The maximum Gasteiger partial charge on any atom is 0.410 e. The van der Waals surface area contributed by atoms with Gasteiger partial charge in [-0.3, -0.25) is 0 Å². The molecule has 4 nitrogen and oxygen atoms in total. The molecular formula is C12H24N2O2. The highest BCUT2D eigenvalue weighted by Gasteiger charge is 2.33. The number of nitrogens with zero attached hydrogens (tertiary/aromatic N) is 1. The number of nitrogens with two attached hydrogens (primary N) is 1. The standard InChI is InChI=1S/C12H24N2O2/c1-11(2,3)16-10(15)14-7-5-6-12(4,8-13)9-14/h5-9,13H2,1-4H3. The lowest BCUT2D eigenvalue weighted by Crippen LogP contribution is -2.49. The van der Waals surface area contributed by atoms with Crippen LogP contribution in [0.4, 0.5) is 4.79 Å². The van der Waals surface area contributed by atoms with Gasteiger partial charge in [-0.1, -0.05) is 6.92 Å². The molecule has 16 heavy (non-hydrogen) atoms. The van der Waals surface area contributed by atoms with Gasteiger partial charge in [-0.15, -0.1) is 0 Å². The van der Waals surface area contributed by atoms with E-state index in [1.807, 2.05) is 20.8 Å². The van der Waals surface area contributed by atoms with Crippen LogP contribution >= 0.6 is 0 Å². The first-order valence-electron chi connectivity index (χ1n) is 5.94. The van der Waals surface area contributed by atoms with Crippen LogP contribution in [0.1, 0.15) is 40.5 Å². The molecule has 0 aliphatic carbocycles. The van der Waals surface area contributed by atoms with Gasteiger partial charge >= 0.3 is 6.09 Å². The first-order chi connectivity index (χ1) is 7.26. The summed E-state index contributed by atoms with van der Waals surface area (Å²) < 4.78 is 5.36. The summed E-state index contributed by atoms with van der Waals surface area (Å²) in [4.78, 5) is 13.7. The molecular weight excluding hydrogens is 204 g/mol. The maximum atomic E-state index is 11.9. The Balaban J connectivity index is 2.57. The number of carbonyl (C=O) groups is 1. The zero-order valence-electron chi connectivity index (χ0n) is 10.9. The van der Waals surface area contributed by atoms with Crippen molar-refractivity contribution in [1.82, 2.24) is 4.90 Å². The normalized spacial score (nSPS) is 26.7. The van der Waals surface area contributed by atoms with Gasteiger partial charge in [0.2, 0.25) is 0 Å². The van der Waals surface area contributed by atoms with E-state index in [-0.39, 0.29) is 11.5 Å². The zero-order valence-corrected chi connectivity index (χ0v) is 10.9. The van der Waals surface area contributed by atoms with Gasteiger partial charge in [-0.05, 0) is 45.6 Å². The van der Waals surface area contributed by atoms with E-state index in [0.29, 0.717) is 13.1 Å². The Bertz CT molecular complexity index is 260. The van der Waals surface area contributed by atoms with Crippen LogP contribution in [0, 0.1) is 5.41 Å². The Morgan fingerprint density at radius 3 is 2.62 bits per heavy atom. The van der Waals surface area contributed by atoms with E-state index in [1.165, 1.54) is 0 Å². The van der Waals surface area contributed by atoms with Gasteiger partial charge in [-0.25, -0.2) is 4.79 Å². The zero-order chi connectivity index (χ0) is 12.4. The van der Waals surface area contributed by atoms with Crippen LogP contribution in [0.3, 0.4) is 0 Å². The summed E-state index contributed by atoms with van der Waals surface area (Å²) in [6.45, 7) is 9.89. The fourth-order valence-corrected chi connectivity index (χ4v) is 1.96. The Kier molecular flexibility index (Phi) is 3.84. The van der Waals surface area contributed by atoms with Crippen molar-refractivity contribution in [3.63, 3.8) is 0 Å². The summed E-state index contributed by atoms with van der Waals surface area (Å²) in [5, 5.41) is 0. The van der Waals surface area contributed by atoms with Crippen molar-refractivity contribution in [2.75, 3.05) is 19.6 Å². The highest BCUT2D eigenvalue weighted by molar-refractivity contribution is 5.68. The molecule has 1 aliphatic heterocycles. The van der Waals surface area contributed by atoms with Crippen molar-refractivity contribution in [2.45, 2.75) is 46.1 Å². The van der Waals surface area contributed by atoms with Crippen molar-refractivity contribution >= 4 is 6.09 Å².